The first-order valence-electron chi connectivity index (χ1n) is 21.5. The van der Waals surface area contributed by atoms with Gasteiger partial charge in [0.2, 0.25) is 11.8 Å². The van der Waals surface area contributed by atoms with Gasteiger partial charge in [0.15, 0.2) is 0 Å². The number of nitriles is 1. The first kappa shape index (κ1) is 40.9. The number of anilines is 3. The standard InChI is InChI=1S/C46H50ClFN8O5/c1-29-25-46(28-55(29)34-7-4-32(26-49)37(47)22-34)12-16-52(17-13-46)33-5-2-31(3-6-33)43(59)54-20-18-51(19-21-54)27-30-10-14-53(15-11-30)40-24-36-35(23-38(40)48)44(60)56(45(36)61)39-8-9-41(57)50-42(39)58/h2-7,22-24,29-30,39H,8-21,25,27-28H2,1H3,(H,50,57,58)/t29-,39?/m0/s1. The van der Waals surface area contributed by atoms with Crippen LogP contribution in [0, 0.1) is 28.5 Å². The fourth-order valence-corrected chi connectivity index (χ4v) is 10.8. The molecule has 3 aromatic carbocycles. The predicted octanol–water partition coefficient (Wildman–Crippen LogP) is 5.31. The van der Waals surface area contributed by atoms with Crippen LogP contribution in [0.15, 0.2) is 54.6 Å². The van der Waals surface area contributed by atoms with Crippen molar-refractivity contribution in [3.05, 3.63) is 87.7 Å². The molecular weight excluding hydrogens is 799 g/mol. The molecule has 9 rings (SSSR count). The van der Waals surface area contributed by atoms with Crippen molar-refractivity contribution >= 4 is 58.2 Å². The summed E-state index contributed by atoms with van der Waals surface area (Å²) in [6.45, 7) is 10.1. The Morgan fingerprint density at radius 1 is 0.852 bits per heavy atom. The van der Waals surface area contributed by atoms with Gasteiger partial charge < -0.3 is 19.6 Å². The zero-order chi connectivity index (χ0) is 42.6. The second kappa shape index (κ2) is 16.4. The molecule has 0 aliphatic carbocycles. The first-order valence-corrected chi connectivity index (χ1v) is 21.9. The van der Waals surface area contributed by atoms with Crippen molar-refractivity contribution in [3.63, 3.8) is 0 Å². The van der Waals surface area contributed by atoms with Crippen LogP contribution in [0.1, 0.15) is 88.5 Å². The molecule has 0 saturated carbocycles. The van der Waals surface area contributed by atoms with Crippen LogP contribution < -0.4 is 20.0 Å². The minimum Gasteiger partial charge on any atom is -0.371 e. The van der Waals surface area contributed by atoms with E-state index in [2.05, 4.69) is 45.1 Å². The molecule has 318 valence electrons. The van der Waals surface area contributed by atoms with E-state index in [4.69, 9.17) is 11.6 Å². The van der Waals surface area contributed by atoms with Gasteiger partial charge in [-0.05, 0) is 111 Å². The Morgan fingerprint density at radius 3 is 2.18 bits per heavy atom. The van der Waals surface area contributed by atoms with Crippen molar-refractivity contribution < 1.29 is 28.4 Å². The van der Waals surface area contributed by atoms with Crippen LogP contribution in [-0.2, 0) is 9.59 Å². The summed E-state index contributed by atoms with van der Waals surface area (Å²) in [4.78, 5) is 76.1. The quantitative estimate of drug-likeness (QED) is 0.311. The molecule has 3 aromatic rings. The molecule has 13 nitrogen and oxygen atoms in total. The van der Waals surface area contributed by atoms with Crippen molar-refractivity contribution in [3.8, 4) is 6.07 Å². The maximum atomic E-state index is 15.5. The highest BCUT2D eigenvalue weighted by Gasteiger charge is 2.46. The summed E-state index contributed by atoms with van der Waals surface area (Å²) in [5.41, 5.74) is 3.95. The number of carbonyl (C=O) groups is 5. The molecule has 1 N–H and O–H groups in total. The van der Waals surface area contributed by atoms with Crippen molar-refractivity contribution in [2.75, 3.05) is 80.1 Å². The molecule has 6 aliphatic heterocycles. The van der Waals surface area contributed by atoms with Gasteiger partial charge >= 0.3 is 0 Å². The number of amides is 5. The molecular formula is C46H50ClFN8O5. The van der Waals surface area contributed by atoms with E-state index in [0.29, 0.717) is 54.3 Å². The Balaban J connectivity index is 0.725. The Bertz CT molecular complexity index is 2310. The topological polar surface area (TPSA) is 141 Å². The number of piperazine rings is 1. The van der Waals surface area contributed by atoms with E-state index >= 15 is 4.39 Å². The lowest BCUT2D eigenvalue weighted by Crippen LogP contribution is -2.54. The minimum atomic E-state index is -1.10. The van der Waals surface area contributed by atoms with Gasteiger partial charge in [-0.15, -0.1) is 0 Å². The molecule has 6 aliphatic rings. The van der Waals surface area contributed by atoms with Crippen molar-refractivity contribution in [1.82, 2.24) is 20.0 Å². The summed E-state index contributed by atoms with van der Waals surface area (Å²) in [5, 5.41) is 12.0. The monoisotopic (exact) mass is 848 g/mol. The molecule has 0 bridgehead atoms. The minimum absolute atomic E-state index is 0.0172. The maximum Gasteiger partial charge on any atom is 0.262 e. The number of fused-ring (bicyclic) bond motifs is 1. The van der Waals surface area contributed by atoms with Crippen LogP contribution in [0.2, 0.25) is 5.02 Å². The smallest absolute Gasteiger partial charge is 0.262 e. The number of carbonyl (C=O) groups excluding carboxylic acids is 5. The van der Waals surface area contributed by atoms with E-state index < -0.39 is 35.5 Å². The molecule has 2 atom stereocenters. The van der Waals surface area contributed by atoms with E-state index in [9.17, 15) is 29.2 Å². The fraction of sp³-hybridized carbons (Fsp3) is 0.478. The Kier molecular flexibility index (Phi) is 11.0. The summed E-state index contributed by atoms with van der Waals surface area (Å²) in [7, 11) is 0. The largest absolute Gasteiger partial charge is 0.371 e. The summed E-state index contributed by atoms with van der Waals surface area (Å²) < 4.78 is 15.5. The number of nitrogens with zero attached hydrogens (tertiary/aromatic N) is 7. The molecule has 61 heavy (non-hydrogen) atoms. The van der Waals surface area contributed by atoms with E-state index in [1.54, 1.807) is 0 Å². The summed E-state index contributed by atoms with van der Waals surface area (Å²) in [6.07, 6.45) is 5.04. The highest BCUT2D eigenvalue weighted by atomic mass is 35.5. The summed E-state index contributed by atoms with van der Waals surface area (Å²) in [6, 6.07) is 17.8. The van der Waals surface area contributed by atoms with Gasteiger partial charge in [-0.1, -0.05) is 11.6 Å². The fourth-order valence-electron chi connectivity index (χ4n) is 10.6. The summed E-state index contributed by atoms with van der Waals surface area (Å²) in [5.74, 6) is -2.65. The number of imide groups is 2. The number of rotatable bonds is 7. The van der Waals surface area contributed by atoms with E-state index in [1.807, 2.05) is 40.1 Å². The van der Waals surface area contributed by atoms with E-state index in [0.717, 1.165) is 93.7 Å². The average molecular weight is 849 g/mol. The van der Waals surface area contributed by atoms with Crippen LogP contribution in [0.4, 0.5) is 21.5 Å². The average Bonchev–Trinajstić information content (AvgIpc) is 3.71. The number of hydrogen-bond acceptors (Lipinski definition) is 10. The van der Waals surface area contributed by atoms with Gasteiger partial charge in [0.1, 0.15) is 17.9 Å². The second-order valence-electron chi connectivity index (χ2n) is 17.8. The molecule has 5 saturated heterocycles. The molecule has 1 spiro atoms. The third kappa shape index (κ3) is 7.82. The molecule has 0 aromatic heterocycles. The highest BCUT2D eigenvalue weighted by molar-refractivity contribution is 6.32. The Hall–Kier alpha value is -5.52. The van der Waals surface area contributed by atoms with Gasteiger partial charge in [-0.3, -0.25) is 39.1 Å². The van der Waals surface area contributed by atoms with Crippen molar-refractivity contribution in [2.24, 2.45) is 11.3 Å². The van der Waals surface area contributed by atoms with Crippen LogP contribution in [0.25, 0.3) is 0 Å². The lowest BCUT2D eigenvalue weighted by Gasteiger charge is -2.40. The molecule has 15 heteroatoms. The van der Waals surface area contributed by atoms with Gasteiger partial charge in [0.05, 0.1) is 27.4 Å². The van der Waals surface area contributed by atoms with Crippen LogP contribution in [0.5, 0.6) is 0 Å². The molecule has 1 unspecified atom stereocenters. The normalized spacial score (nSPS) is 23.5. The van der Waals surface area contributed by atoms with Gasteiger partial charge in [0.25, 0.3) is 17.7 Å². The van der Waals surface area contributed by atoms with Crippen molar-refractivity contribution in [1.29, 1.82) is 5.26 Å². The Labute approximate surface area is 360 Å². The van der Waals surface area contributed by atoms with E-state index in [1.165, 1.54) is 6.07 Å². The lowest BCUT2D eigenvalue weighted by atomic mass is 9.76. The molecule has 6 heterocycles. The van der Waals surface area contributed by atoms with Crippen LogP contribution >= 0.6 is 11.6 Å². The second-order valence-corrected chi connectivity index (χ2v) is 18.2. The van der Waals surface area contributed by atoms with E-state index in [-0.39, 0.29) is 41.0 Å². The van der Waals surface area contributed by atoms with Crippen LogP contribution in [-0.4, -0.2) is 122 Å². The highest BCUT2D eigenvalue weighted by Crippen LogP contribution is 2.46. The lowest BCUT2D eigenvalue weighted by molar-refractivity contribution is -0.136. The number of hydrogen-bond donors (Lipinski definition) is 1. The maximum absolute atomic E-state index is 15.5. The third-order valence-corrected chi connectivity index (χ3v) is 14.4. The zero-order valence-electron chi connectivity index (χ0n) is 34.4. The van der Waals surface area contributed by atoms with Gasteiger partial charge in [0, 0.05) is 94.8 Å². The van der Waals surface area contributed by atoms with Crippen LogP contribution in [0.3, 0.4) is 0 Å². The van der Waals surface area contributed by atoms with Gasteiger partial charge in [-0.25, -0.2) is 4.39 Å². The summed E-state index contributed by atoms with van der Waals surface area (Å²) >= 11 is 6.38. The first-order chi connectivity index (χ1) is 29.4. The number of nitrogens with one attached hydrogen (secondary N) is 1. The number of halogens is 2. The number of benzene rings is 3. The number of piperidine rings is 3. The van der Waals surface area contributed by atoms with Gasteiger partial charge in [-0.2, -0.15) is 5.26 Å². The molecule has 5 amide bonds. The predicted molar refractivity (Wildman–Crippen MR) is 228 cm³/mol. The molecule has 0 radical (unpaired) electrons. The molecule has 5 fully saturated rings. The third-order valence-electron chi connectivity index (χ3n) is 14.1. The SMILES string of the molecule is C[C@H]1CC2(CCN(c3ccc(C(=O)N4CCN(CC5CCN(c6cc7c(cc6F)C(=O)N(C6CCC(=O)NC6=O)C7=O)CC5)CC4)cc3)CC2)CN1c1ccc(C#N)c(Cl)c1. The zero-order valence-corrected chi connectivity index (χ0v) is 35.1. The Morgan fingerprint density at radius 2 is 1.52 bits per heavy atom. The van der Waals surface area contributed by atoms with Crippen molar-refractivity contribution in [2.45, 2.75) is 64.0 Å².